The smallest absolute Gasteiger partial charge is 0.448 e. The first-order valence-corrected chi connectivity index (χ1v) is 4.22. The van der Waals surface area contributed by atoms with Gasteiger partial charge in [-0.25, -0.2) is 0 Å². The number of hydrogen-bond donors (Lipinski definition) is 0. The van der Waals surface area contributed by atoms with E-state index in [-0.39, 0.29) is 12.5 Å². The molecule has 0 heterocycles. The Morgan fingerprint density at radius 1 is 1.46 bits per heavy atom. The van der Waals surface area contributed by atoms with Crippen LogP contribution < -0.4 is 0 Å². The highest BCUT2D eigenvalue weighted by atomic mass is 19.4. The molecule has 1 unspecified atom stereocenters. The van der Waals surface area contributed by atoms with Gasteiger partial charge < -0.3 is 17.8 Å². The topological polar surface area (TPSA) is 27.0 Å². The normalized spacial score (nSPS) is 14.2. The van der Waals surface area contributed by atoms with E-state index in [0.717, 1.165) is 0 Å². The van der Waals surface area contributed by atoms with Crippen molar-refractivity contribution in [1.29, 1.82) is 5.26 Å². The zero-order valence-electron chi connectivity index (χ0n) is 7.80. The van der Waals surface area contributed by atoms with Crippen molar-refractivity contribution in [3.05, 3.63) is 0 Å². The molecule has 0 aromatic carbocycles. The van der Waals surface area contributed by atoms with Gasteiger partial charge >= 0.3 is 6.98 Å². The van der Waals surface area contributed by atoms with Gasteiger partial charge in [-0.3, -0.25) is 0 Å². The zero-order chi connectivity index (χ0) is 10.5. The Labute approximate surface area is 76.4 Å². The molecule has 0 aliphatic rings. The van der Waals surface area contributed by atoms with Crippen molar-refractivity contribution < 1.29 is 12.9 Å². The number of halogens is 3. The van der Waals surface area contributed by atoms with Crippen molar-refractivity contribution >= 4 is 6.98 Å². The van der Waals surface area contributed by atoms with Crippen LogP contribution in [0.3, 0.4) is 0 Å². The highest BCUT2D eigenvalue weighted by Gasteiger charge is 2.26. The van der Waals surface area contributed by atoms with Gasteiger partial charge in [-0.15, -0.1) is 0 Å². The summed E-state index contributed by atoms with van der Waals surface area (Å²) in [4.78, 5) is 1.24. The third kappa shape index (κ3) is 6.46. The maximum absolute atomic E-state index is 12.0. The molecule has 0 spiro atoms. The second-order valence-corrected chi connectivity index (χ2v) is 3.09. The molecule has 0 saturated carbocycles. The third-order valence-corrected chi connectivity index (χ3v) is 1.66. The number of nitriles is 1. The maximum Gasteiger partial charge on any atom is 0.492 e. The van der Waals surface area contributed by atoms with E-state index in [1.54, 1.807) is 13.8 Å². The molecule has 0 bridgehead atoms. The molecule has 0 saturated heterocycles. The number of rotatable bonds is 5. The summed E-state index contributed by atoms with van der Waals surface area (Å²) in [5, 5.41) is 8.42. The molecule has 2 nitrogen and oxygen atoms in total. The highest BCUT2D eigenvalue weighted by Crippen LogP contribution is 2.11. The molecule has 0 fully saturated rings. The van der Waals surface area contributed by atoms with Crippen LogP contribution in [0.1, 0.15) is 13.8 Å². The molecule has 0 amide bonds. The molecule has 0 N–H and O–H groups in total. The van der Waals surface area contributed by atoms with Gasteiger partial charge in [0.1, 0.15) is 0 Å². The Bertz CT molecular complexity index is 187. The van der Waals surface area contributed by atoms with Gasteiger partial charge in [-0.2, -0.15) is 5.26 Å². The van der Waals surface area contributed by atoms with Crippen LogP contribution in [0.15, 0.2) is 0 Å². The first-order valence-electron chi connectivity index (χ1n) is 4.22. The lowest BCUT2D eigenvalue weighted by Crippen LogP contribution is -2.39. The van der Waals surface area contributed by atoms with Crippen molar-refractivity contribution in [2.75, 3.05) is 19.5 Å². The van der Waals surface area contributed by atoms with E-state index >= 15 is 0 Å². The SMILES string of the molecule is CCN(CC(C)C#N)C[B-](F)(F)F. The Balaban J connectivity index is 3.99. The van der Waals surface area contributed by atoms with Crippen molar-refractivity contribution in [1.82, 2.24) is 4.90 Å². The highest BCUT2D eigenvalue weighted by molar-refractivity contribution is 6.58. The molecule has 0 aromatic heterocycles. The third-order valence-electron chi connectivity index (χ3n) is 1.66. The molecular formula is C7H13BF3N2-. The lowest BCUT2D eigenvalue weighted by atomic mass is 9.91. The van der Waals surface area contributed by atoms with Crippen molar-refractivity contribution in [2.45, 2.75) is 13.8 Å². The summed E-state index contributed by atoms with van der Waals surface area (Å²) >= 11 is 0. The van der Waals surface area contributed by atoms with Gasteiger partial charge in [0, 0.05) is 6.54 Å². The molecule has 6 heteroatoms. The van der Waals surface area contributed by atoms with E-state index in [2.05, 4.69) is 0 Å². The van der Waals surface area contributed by atoms with Crippen LogP contribution in [-0.4, -0.2) is 31.4 Å². The number of nitrogens with zero attached hydrogens (tertiary/aromatic N) is 2. The summed E-state index contributed by atoms with van der Waals surface area (Å²) in [5.74, 6) is -0.349. The van der Waals surface area contributed by atoms with Gasteiger partial charge in [0.2, 0.25) is 0 Å². The summed E-state index contributed by atoms with van der Waals surface area (Å²) in [6.45, 7) is -0.982. The summed E-state index contributed by atoms with van der Waals surface area (Å²) < 4.78 is 36.0. The quantitative estimate of drug-likeness (QED) is 0.623. The van der Waals surface area contributed by atoms with Gasteiger partial charge in [0.15, 0.2) is 0 Å². The average Bonchev–Trinajstić information content (AvgIpc) is 2.00. The van der Waals surface area contributed by atoms with Gasteiger partial charge in [0.05, 0.1) is 12.0 Å². The van der Waals surface area contributed by atoms with Crippen LogP contribution in [0, 0.1) is 17.2 Å². The fraction of sp³-hybridized carbons (Fsp3) is 0.857. The molecule has 13 heavy (non-hydrogen) atoms. The molecule has 0 aliphatic heterocycles. The van der Waals surface area contributed by atoms with E-state index < -0.39 is 13.4 Å². The summed E-state index contributed by atoms with van der Waals surface area (Å²) in [6.07, 6.45) is -0.872. The molecule has 1 atom stereocenters. The molecular weight excluding hydrogens is 180 g/mol. The largest absolute Gasteiger partial charge is 0.492 e. The van der Waals surface area contributed by atoms with Gasteiger partial charge in [-0.05, 0) is 19.9 Å². The molecule has 0 rings (SSSR count). The van der Waals surface area contributed by atoms with Crippen LogP contribution in [0.5, 0.6) is 0 Å². The summed E-state index contributed by atoms with van der Waals surface area (Å²) in [6, 6.07) is 1.91. The fourth-order valence-electron chi connectivity index (χ4n) is 1.05. The van der Waals surface area contributed by atoms with Crippen molar-refractivity contribution in [3.63, 3.8) is 0 Å². The van der Waals surface area contributed by atoms with Gasteiger partial charge in [0.25, 0.3) is 0 Å². The van der Waals surface area contributed by atoms with Crippen LogP contribution in [0.2, 0.25) is 0 Å². The van der Waals surface area contributed by atoms with Crippen LogP contribution in [0.25, 0.3) is 0 Å². The first-order chi connectivity index (χ1) is 5.89. The molecule has 76 valence electrons. The van der Waals surface area contributed by atoms with E-state index in [0.29, 0.717) is 6.54 Å². The molecule has 0 aromatic rings. The van der Waals surface area contributed by atoms with E-state index in [9.17, 15) is 12.9 Å². The Morgan fingerprint density at radius 3 is 2.31 bits per heavy atom. The van der Waals surface area contributed by atoms with E-state index in [1.807, 2.05) is 6.07 Å². The second-order valence-electron chi connectivity index (χ2n) is 3.09. The minimum absolute atomic E-state index is 0.189. The minimum Gasteiger partial charge on any atom is -0.448 e. The van der Waals surface area contributed by atoms with Crippen LogP contribution in [-0.2, 0) is 0 Å². The van der Waals surface area contributed by atoms with Gasteiger partial charge in [-0.1, -0.05) is 6.92 Å². The average molecular weight is 193 g/mol. The van der Waals surface area contributed by atoms with E-state index in [1.165, 1.54) is 4.90 Å². The molecule has 0 radical (unpaired) electrons. The lowest BCUT2D eigenvalue weighted by molar-refractivity contribution is 0.273. The lowest BCUT2D eigenvalue weighted by Gasteiger charge is -2.27. The predicted octanol–water partition coefficient (Wildman–Crippen LogP) is 1.85. The van der Waals surface area contributed by atoms with Crippen LogP contribution >= 0.6 is 0 Å². The zero-order valence-corrected chi connectivity index (χ0v) is 7.80. The monoisotopic (exact) mass is 193 g/mol. The van der Waals surface area contributed by atoms with Crippen molar-refractivity contribution in [2.24, 2.45) is 5.92 Å². The Morgan fingerprint density at radius 2 is 2.00 bits per heavy atom. The number of hydrogen-bond acceptors (Lipinski definition) is 2. The van der Waals surface area contributed by atoms with E-state index in [4.69, 9.17) is 5.26 Å². The Kier molecular flexibility index (Phi) is 4.85. The first kappa shape index (κ1) is 12.3. The fourth-order valence-corrected chi connectivity index (χ4v) is 1.05. The standard InChI is InChI=1S/C7H13BF3N2/c1-3-13(5-7(2)4-12)6-8(9,10)11/h7H,3,5-6H2,1-2H3/q-1. The van der Waals surface area contributed by atoms with Crippen LogP contribution in [0.4, 0.5) is 12.9 Å². The predicted molar refractivity (Wildman–Crippen MR) is 46.0 cm³/mol. The maximum atomic E-state index is 12.0. The molecule has 0 aliphatic carbocycles. The minimum atomic E-state index is -4.77. The second kappa shape index (κ2) is 5.13. The summed E-state index contributed by atoms with van der Waals surface area (Å²) in [7, 11) is 0. The Hall–Kier alpha value is -0.695. The van der Waals surface area contributed by atoms with Crippen molar-refractivity contribution in [3.8, 4) is 6.07 Å². The summed E-state index contributed by atoms with van der Waals surface area (Å²) in [5.41, 5.74) is 0.